The van der Waals surface area contributed by atoms with Crippen LogP contribution in [0, 0.1) is 0 Å². The SMILES string of the molecule is Oc1ccc2ccc3ccc(O)cc3c2c1. The zero-order valence-corrected chi connectivity index (χ0v) is 8.51. The summed E-state index contributed by atoms with van der Waals surface area (Å²) in [6.07, 6.45) is 0. The third-order valence-electron chi connectivity index (χ3n) is 2.81. The smallest absolute Gasteiger partial charge is 0.116 e. The second-order valence-electron chi connectivity index (χ2n) is 3.88. The topological polar surface area (TPSA) is 40.5 Å². The van der Waals surface area contributed by atoms with Crippen LogP contribution < -0.4 is 0 Å². The van der Waals surface area contributed by atoms with E-state index in [2.05, 4.69) is 0 Å². The number of fused-ring (bicyclic) bond motifs is 3. The molecule has 0 unspecified atom stereocenters. The molecule has 0 aliphatic heterocycles. The van der Waals surface area contributed by atoms with Gasteiger partial charge in [-0.15, -0.1) is 0 Å². The first-order chi connectivity index (χ1) is 7.74. The molecule has 0 radical (unpaired) electrons. The van der Waals surface area contributed by atoms with E-state index < -0.39 is 0 Å². The van der Waals surface area contributed by atoms with E-state index in [1.54, 1.807) is 24.3 Å². The van der Waals surface area contributed by atoms with E-state index in [0.29, 0.717) is 0 Å². The Bertz CT molecular complexity index is 626. The Morgan fingerprint density at radius 1 is 0.562 bits per heavy atom. The van der Waals surface area contributed by atoms with Crippen LogP contribution in [0.1, 0.15) is 0 Å². The van der Waals surface area contributed by atoms with E-state index in [-0.39, 0.29) is 11.5 Å². The molecule has 3 rings (SSSR count). The third kappa shape index (κ3) is 1.27. The summed E-state index contributed by atoms with van der Waals surface area (Å²) >= 11 is 0. The molecule has 0 saturated carbocycles. The molecule has 3 aromatic rings. The Morgan fingerprint density at radius 3 is 1.38 bits per heavy atom. The molecule has 0 bridgehead atoms. The van der Waals surface area contributed by atoms with Gasteiger partial charge in [-0.05, 0) is 45.8 Å². The van der Waals surface area contributed by atoms with Crippen molar-refractivity contribution >= 4 is 21.5 Å². The summed E-state index contributed by atoms with van der Waals surface area (Å²) in [5.41, 5.74) is 0. The lowest BCUT2D eigenvalue weighted by atomic mass is 10.0. The summed E-state index contributed by atoms with van der Waals surface area (Å²) in [5, 5.41) is 23.0. The van der Waals surface area contributed by atoms with Gasteiger partial charge in [-0.25, -0.2) is 0 Å². The summed E-state index contributed by atoms with van der Waals surface area (Å²) in [5.74, 6) is 0.478. The molecule has 2 heteroatoms. The highest BCUT2D eigenvalue weighted by Gasteiger charge is 2.02. The maximum atomic E-state index is 9.50. The second kappa shape index (κ2) is 3.14. The average molecular weight is 210 g/mol. The number of phenols is 2. The molecule has 0 heterocycles. The Labute approximate surface area is 92.4 Å². The van der Waals surface area contributed by atoms with Gasteiger partial charge in [-0.1, -0.05) is 24.3 Å². The summed E-state index contributed by atoms with van der Waals surface area (Å²) in [6.45, 7) is 0. The van der Waals surface area contributed by atoms with Crippen molar-refractivity contribution in [3.05, 3.63) is 48.5 Å². The van der Waals surface area contributed by atoms with Crippen molar-refractivity contribution in [1.29, 1.82) is 0 Å². The Balaban J connectivity index is 2.55. The summed E-state index contributed by atoms with van der Waals surface area (Å²) in [7, 11) is 0. The van der Waals surface area contributed by atoms with Gasteiger partial charge in [0.1, 0.15) is 11.5 Å². The molecule has 0 atom stereocenters. The molecule has 0 amide bonds. The highest BCUT2D eigenvalue weighted by molar-refractivity contribution is 6.08. The first-order valence-electron chi connectivity index (χ1n) is 5.08. The molecular weight excluding hydrogens is 200 g/mol. The molecule has 0 saturated heterocycles. The molecule has 2 nitrogen and oxygen atoms in total. The van der Waals surface area contributed by atoms with Crippen LogP contribution >= 0.6 is 0 Å². The molecule has 16 heavy (non-hydrogen) atoms. The number of benzene rings is 3. The molecular formula is C14H10O2. The fraction of sp³-hybridized carbons (Fsp3) is 0. The van der Waals surface area contributed by atoms with Gasteiger partial charge in [-0.3, -0.25) is 0 Å². The third-order valence-corrected chi connectivity index (χ3v) is 2.81. The van der Waals surface area contributed by atoms with E-state index in [9.17, 15) is 10.2 Å². The predicted molar refractivity (Wildman–Crippen MR) is 64.8 cm³/mol. The van der Waals surface area contributed by atoms with E-state index >= 15 is 0 Å². The first-order valence-corrected chi connectivity index (χ1v) is 5.08. The van der Waals surface area contributed by atoms with Crippen LogP contribution in [-0.4, -0.2) is 10.2 Å². The molecule has 0 aromatic heterocycles. The van der Waals surface area contributed by atoms with Gasteiger partial charge in [0.15, 0.2) is 0 Å². The standard InChI is InChI=1S/C14H10O2/c15-11-5-3-9-1-2-10-4-6-12(16)8-14(10)13(9)7-11/h1-8,15-16H. The van der Waals surface area contributed by atoms with E-state index in [1.807, 2.05) is 24.3 Å². The number of rotatable bonds is 0. The molecule has 0 fully saturated rings. The van der Waals surface area contributed by atoms with Gasteiger partial charge in [0.25, 0.3) is 0 Å². The predicted octanol–water partition coefficient (Wildman–Crippen LogP) is 3.40. The summed E-state index contributed by atoms with van der Waals surface area (Å²) in [6, 6.07) is 14.5. The van der Waals surface area contributed by atoms with E-state index in [1.165, 1.54) is 0 Å². The van der Waals surface area contributed by atoms with Crippen LogP contribution in [0.4, 0.5) is 0 Å². The minimum absolute atomic E-state index is 0.239. The zero-order chi connectivity index (χ0) is 11.1. The van der Waals surface area contributed by atoms with Crippen molar-refractivity contribution in [2.75, 3.05) is 0 Å². The Kier molecular flexibility index (Phi) is 1.77. The summed E-state index contributed by atoms with van der Waals surface area (Å²) in [4.78, 5) is 0. The van der Waals surface area contributed by atoms with Crippen molar-refractivity contribution in [3.8, 4) is 11.5 Å². The lowest BCUT2D eigenvalue weighted by Crippen LogP contribution is -1.77. The lowest BCUT2D eigenvalue weighted by Gasteiger charge is -2.04. The second-order valence-corrected chi connectivity index (χ2v) is 3.88. The fourth-order valence-electron chi connectivity index (χ4n) is 2.03. The Hall–Kier alpha value is -2.22. The van der Waals surface area contributed by atoms with Crippen molar-refractivity contribution in [3.63, 3.8) is 0 Å². The Morgan fingerprint density at radius 2 is 0.938 bits per heavy atom. The van der Waals surface area contributed by atoms with Gasteiger partial charge >= 0.3 is 0 Å². The molecule has 78 valence electrons. The van der Waals surface area contributed by atoms with Gasteiger partial charge < -0.3 is 10.2 Å². The molecule has 0 spiro atoms. The van der Waals surface area contributed by atoms with Gasteiger partial charge in [0, 0.05) is 0 Å². The average Bonchev–Trinajstić information content (AvgIpc) is 2.29. The first kappa shape index (κ1) is 9.04. The van der Waals surface area contributed by atoms with Crippen LogP contribution in [-0.2, 0) is 0 Å². The van der Waals surface area contributed by atoms with Crippen LogP contribution in [0.2, 0.25) is 0 Å². The minimum Gasteiger partial charge on any atom is -0.508 e. The monoisotopic (exact) mass is 210 g/mol. The van der Waals surface area contributed by atoms with Gasteiger partial charge in [-0.2, -0.15) is 0 Å². The van der Waals surface area contributed by atoms with Crippen molar-refractivity contribution < 1.29 is 10.2 Å². The van der Waals surface area contributed by atoms with Gasteiger partial charge in [0.2, 0.25) is 0 Å². The van der Waals surface area contributed by atoms with Crippen molar-refractivity contribution in [2.45, 2.75) is 0 Å². The number of hydrogen-bond donors (Lipinski definition) is 2. The fourth-order valence-corrected chi connectivity index (χ4v) is 2.03. The highest BCUT2D eigenvalue weighted by atomic mass is 16.3. The molecule has 3 aromatic carbocycles. The normalized spacial score (nSPS) is 11.0. The van der Waals surface area contributed by atoms with Crippen LogP contribution in [0.15, 0.2) is 48.5 Å². The lowest BCUT2D eigenvalue weighted by molar-refractivity contribution is 0.475. The van der Waals surface area contributed by atoms with Gasteiger partial charge in [0.05, 0.1) is 0 Å². The quantitative estimate of drug-likeness (QED) is 0.558. The largest absolute Gasteiger partial charge is 0.508 e. The molecule has 0 aliphatic rings. The maximum Gasteiger partial charge on any atom is 0.116 e. The highest BCUT2D eigenvalue weighted by Crippen LogP contribution is 2.30. The summed E-state index contributed by atoms with van der Waals surface area (Å²) < 4.78 is 0. The zero-order valence-electron chi connectivity index (χ0n) is 8.51. The van der Waals surface area contributed by atoms with E-state index in [4.69, 9.17) is 0 Å². The van der Waals surface area contributed by atoms with E-state index in [0.717, 1.165) is 21.5 Å². The number of phenolic OH excluding ortho intramolecular Hbond substituents is 2. The van der Waals surface area contributed by atoms with Crippen LogP contribution in [0.5, 0.6) is 11.5 Å². The van der Waals surface area contributed by atoms with Crippen molar-refractivity contribution in [2.24, 2.45) is 0 Å². The minimum atomic E-state index is 0.239. The van der Waals surface area contributed by atoms with Crippen molar-refractivity contribution in [1.82, 2.24) is 0 Å². The molecule has 2 N–H and O–H groups in total. The number of hydrogen-bond acceptors (Lipinski definition) is 2. The maximum absolute atomic E-state index is 9.50. The van der Waals surface area contributed by atoms with Crippen LogP contribution in [0.3, 0.4) is 0 Å². The number of aromatic hydroxyl groups is 2. The van der Waals surface area contributed by atoms with Crippen LogP contribution in [0.25, 0.3) is 21.5 Å². The molecule has 0 aliphatic carbocycles.